The van der Waals surface area contributed by atoms with E-state index in [2.05, 4.69) is 26.2 Å². The molecule has 0 atom stereocenters. The predicted molar refractivity (Wildman–Crippen MR) is 79.6 cm³/mol. The second-order valence-corrected chi connectivity index (χ2v) is 5.45. The SMILES string of the molecule is Cc1cc(NC(=O)c2cc(Br)ccc2Cl)c(C(=O)O)[nH]1. The monoisotopic (exact) mass is 356 g/mol. The van der Waals surface area contributed by atoms with E-state index in [4.69, 9.17) is 16.7 Å². The first-order valence-corrected chi connectivity index (χ1v) is 6.75. The Bertz CT molecular complexity index is 697. The number of aromatic amines is 1. The van der Waals surface area contributed by atoms with Crippen molar-refractivity contribution in [3.05, 3.63) is 50.7 Å². The Balaban J connectivity index is 2.32. The summed E-state index contributed by atoms with van der Waals surface area (Å²) in [6.45, 7) is 1.70. The van der Waals surface area contributed by atoms with Crippen LogP contribution < -0.4 is 5.32 Å². The van der Waals surface area contributed by atoms with Crippen LogP contribution >= 0.6 is 27.5 Å². The molecule has 2 aromatic rings. The fourth-order valence-corrected chi connectivity index (χ4v) is 2.28. The molecule has 0 saturated heterocycles. The lowest BCUT2D eigenvalue weighted by Gasteiger charge is -2.06. The number of nitrogens with one attached hydrogen (secondary N) is 2. The normalized spacial score (nSPS) is 10.3. The summed E-state index contributed by atoms with van der Waals surface area (Å²) in [6.07, 6.45) is 0. The van der Waals surface area contributed by atoms with Crippen LogP contribution in [0.3, 0.4) is 0 Å². The Morgan fingerprint density at radius 2 is 2.05 bits per heavy atom. The van der Waals surface area contributed by atoms with Gasteiger partial charge in [0.25, 0.3) is 5.91 Å². The molecule has 0 spiro atoms. The summed E-state index contributed by atoms with van der Waals surface area (Å²) >= 11 is 9.21. The summed E-state index contributed by atoms with van der Waals surface area (Å²) < 4.78 is 0.704. The van der Waals surface area contributed by atoms with Gasteiger partial charge in [0.05, 0.1) is 16.3 Å². The summed E-state index contributed by atoms with van der Waals surface area (Å²) in [4.78, 5) is 25.9. The molecule has 2 rings (SSSR count). The summed E-state index contributed by atoms with van der Waals surface area (Å²) in [7, 11) is 0. The van der Waals surface area contributed by atoms with E-state index >= 15 is 0 Å². The lowest BCUT2D eigenvalue weighted by Crippen LogP contribution is -2.14. The third-order valence-electron chi connectivity index (χ3n) is 2.59. The number of aryl methyl sites for hydroxylation is 1. The number of aromatic nitrogens is 1. The molecule has 1 aromatic heterocycles. The highest BCUT2D eigenvalue weighted by Crippen LogP contribution is 2.23. The van der Waals surface area contributed by atoms with Gasteiger partial charge in [-0.3, -0.25) is 4.79 Å². The van der Waals surface area contributed by atoms with Crippen LogP contribution in [-0.4, -0.2) is 22.0 Å². The second kappa shape index (κ2) is 5.68. The smallest absolute Gasteiger partial charge is 0.354 e. The summed E-state index contributed by atoms with van der Waals surface area (Å²) in [5, 5.41) is 11.9. The first kappa shape index (κ1) is 14.6. The molecule has 20 heavy (non-hydrogen) atoms. The van der Waals surface area contributed by atoms with Gasteiger partial charge in [0.2, 0.25) is 0 Å². The molecule has 0 aliphatic rings. The predicted octanol–water partition coefficient (Wildman–Crippen LogP) is 3.69. The Morgan fingerprint density at radius 3 is 2.70 bits per heavy atom. The molecular formula is C13H10BrClN2O3. The van der Waals surface area contributed by atoms with Gasteiger partial charge in [0.15, 0.2) is 0 Å². The number of amides is 1. The highest BCUT2D eigenvalue weighted by atomic mass is 79.9. The van der Waals surface area contributed by atoms with Crippen molar-refractivity contribution >= 4 is 45.1 Å². The first-order valence-electron chi connectivity index (χ1n) is 5.58. The number of benzene rings is 1. The number of H-pyrrole nitrogens is 1. The highest BCUT2D eigenvalue weighted by molar-refractivity contribution is 9.10. The number of carbonyl (C=O) groups is 2. The topological polar surface area (TPSA) is 82.2 Å². The molecule has 1 heterocycles. The van der Waals surface area contributed by atoms with Crippen molar-refractivity contribution in [3.63, 3.8) is 0 Å². The zero-order valence-corrected chi connectivity index (χ0v) is 12.7. The van der Waals surface area contributed by atoms with Crippen molar-refractivity contribution in [2.45, 2.75) is 6.92 Å². The van der Waals surface area contributed by atoms with Gasteiger partial charge in [-0.15, -0.1) is 0 Å². The van der Waals surface area contributed by atoms with Gasteiger partial charge in [-0.2, -0.15) is 0 Å². The number of halogens is 2. The van der Waals surface area contributed by atoms with Crippen LogP contribution in [0.4, 0.5) is 5.69 Å². The molecule has 0 aliphatic heterocycles. The van der Waals surface area contributed by atoms with Crippen LogP contribution in [0.5, 0.6) is 0 Å². The molecule has 0 radical (unpaired) electrons. The summed E-state index contributed by atoms with van der Waals surface area (Å²) in [6, 6.07) is 6.41. The largest absolute Gasteiger partial charge is 0.477 e. The van der Waals surface area contributed by atoms with Crippen molar-refractivity contribution in [1.29, 1.82) is 0 Å². The van der Waals surface area contributed by atoms with Crippen LogP contribution in [0.2, 0.25) is 5.02 Å². The van der Waals surface area contributed by atoms with Gasteiger partial charge in [-0.1, -0.05) is 27.5 Å². The Morgan fingerprint density at radius 1 is 1.35 bits per heavy atom. The fraction of sp³-hybridized carbons (Fsp3) is 0.0769. The van der Waals surface area contributed by atoms with E-state index in [9.17, 15) is 9.59 Å². The molecular weight excluding hydrogens is 348 g/mol. The quantitative estimate of drug-likeness (QED) is 0.783. The summed E-state index contributed by atoms with van der Waals surface area (Å²) in [5.74, 6) is -1.62. The Labute approximate surface area is 128 Å². The number of carboxylic acid groups (broad SMARTS) is 1. The van der Waals surface area contributed by atoms with Crippen molar-refractivity contribution in [2.75, 3.05) is 5.32 Å². The number of rotatable bonds is 3. The average Bonchev–Trinajstić information content (AvgIpc) is 2.73. The van der Waals surface area contributed by atoms with E-state index in [1.165, 1.54) is 0 Å². The maximum atomic E-state index is 12.1. The van der Waals surface area contributed by atoms with Crippen LogP contribution in [-0.2, 0) is 0 Å². The lowest BCUT2D eigenvalue weighted by atomic mass is 10.2. The Kier molecular flexibility index (Phi) is 4.15. The Hall–Kier alpha value is -1.79. The number of anilines is 1. The van der Waals surface area contributed by atoms with Gasteiger partial charge >= 0.3 is 5.97 Å². The van der Waals surface area contributed by atoms with Gasteiger partial charge < -0.3 is 15.4 Å². The molecule has 1 amide bonds. The minimum atomic E-state index is -1.14. The average molecular weight is 358 g/mol. The molecule has 0 bridgehead atoms. The minimum Gasteiger partial charge on any atom is -0.477 e. The van der Waals surface area contributed by atoms with E-state index < -0.39 is 11.9 Å². The van der Waals surface area contributed by atoms with Crippen molar-refractivity contribution in [2.24, 2.45) is 0 Å². The highest BCUT2D eigenvalue weighted by Gasteiger charge is 2.17. The van der Waals surface area contributed by atoms with Gasteiger partial charge in [-0.05, 0) is 31.2 Å². The standard InChI is InChI=1S/C13H10BrClN2O3/c1-6-4-10(11(16-6)13(19)20)17-12(18)8-5-7(14)2-3-9(8)15/h2-5,16H,1H3,(H,17,18)(H,19,20). The second-order valence-electron chi connectivity index (χ2n) is 4.12. The van der Waals surface area contributed by atoms with Crippen molar-refractivity contribution in [3.8, 4) is 0 Å². The lowest BCUT2D eigenvalue weighted by molar-refractivity contribution is 0.0692. The van der Waals surface area contributed by atoms with E-state index in [0.717, 1.165) is 0 Å². The van der Waals surface area contributed by atoms with Crippen molar-refractivity contribution < 1.29 is 14.7 Å². The van der Waals surface area contributed by atoms with Crippen LogP contribution in [0, 0.1) is 6.92 Å². The number of aromatic carboxylic acids is 1. The zero-order valence-electron chi connectivity index (χ0n) is 10.3. The van der Waals surface area contributed by atoms with Gasteiger partial charge in [0, 0.05) is 10.2 Å². The zero-order chi connectivity index (χ0) is 14.9. The van der Waals surface area contributed by atoms with E-state index in [1.807, 2.05) is 0 Å². The number of carbonyl (C=O) groups excluding carboxylic acids is 1. The maximum absolute atomic E-state index is 12.1. The fourth-order valence-electron chi connectivity index (χ4n) is 1.72. The maximum Gasteiger partial charge on any atom is 0.354 e. The van der Waals surface area contributed by atoms with Crippen LogP contribution in [0.15, 0.2) is 28.7 Å². The van der Waals surface area contributed by atoms with Gasteiger partial charge in [0.1, 0.15) is 5.69 Å². The van der Waals surface area contributed by atoms with Gasteiger partial charge in [-0.25, -0.2) is 4.79 Å². The van der Waals surface area contributed by atoms with Crippen LogP contribution in [0.25, 0.3) is 0 Å². The minimum absolute atomic E-state index is 0.0676. The molecule has 1 aromatic carbocycles. The van der Waals surface area contributed by atoms with E-state index in [1.54, 1.807) is 31.2 Å². The summed E-state index contributed by atoms with van der Waals surface area (Å²) in [5.41, 5.74) is 1.03. The molecule has 104 valence electrons. The molecule has 0 saturated carbocycles. The van der Waals surface area contributed by atoms with E-state index in [0.29, 0.717) is 10.2 Å². The van der Waals surface area contributed by atoms with Crippen LogP contribution in [0.1, 0.15) is 26.5 Å². The number of carboxylic acids is 1. The molecule has 7 heteroatoms. The third kappa shape index (κ3) is 3.02. The van der Waals surface area contributed by atoms with Crippen molar-refractivity contribution in [1.82, 2.24) is 4.98 Å². The third-order valence-corrected chi connectivity index (χ3v) is 3.41. The number of hydrogen-bond acceptors (Lipinski definition) is 2. The van der Waals surface area contributed by atoms with E-state index in [-0.39, 0.29) is 22.0 Å². The molecule has 0 unspecified atom stereocenters. The molecule has 5 nitrogen and oxygen atoms in total. The molecule has 3 N–H and O–H groups in total. The first-order chi connectivity index (χ1) is 9.38. The molecule has 0 aliphatic carbocycles. The number of hydrogen-bond donors (Lipinski definition) is 3. The molecule has 0 fully saturated rings.